The van der Waals surface area contributed by atoms with Crippen LogP contribution in [-0.2, 0) is 16.0 Å². The number of ether oxygens (including phenoxy) is 1. The van der Waals surface area contributed by atoms with Gasteiger partial charge in [0.05, 0.1) is 0 Å². The number of anilines is 1. The molecule has 6 nitrogen and oxygen atoms in total. The minimum atomic E-state index is 0.0527. The third-order valence-electron chi connectivity index (χ3n) is 6.33. The number of aromatic nitrogens is 2. The number of carbonyl (C=O) groups excluding carboxylic acids is 1. The minimum Gasteiger partial charge on any atom is -0.375 e. The van der Waals surface area contributed by atoms with E-state index >= 15 is 0 Å². The lowest BCUT2D eigenvalue weighted by atomic mass is 9.97. The Bertz CT molecular complexity index is 920. The Morgan fingerprint density at radius 2 is 1.84 bits per heavy atom. The quantitative estimate of drug-likeness (QED) is 0.677. The molecule has 0 saturated carbocycles. The van der Waals surface area contributed by atoms with Gasteiger partial charge >= 0.3 is 0 Å². The molecule has 6 heteroatoms. The lowest BCUT2D eigenvalue weighted by Gasteiger charge is -2.36. The van der Waals surface area contributed by atoms with Crippen molar-refractivity contribution in [3.63, 3.8) is 0 Å². The monoisotopic (exact) mass is 424 g/mol. The first-order chi connectivity index (χ1) is 14.8. The largest absolute Gasteiger partial charge is 0.375 e. The van der Waals surface area contributed by atoms with Crippen LogP contribution in [0.3, 0.4) is 0 Å². The smallest absolute Gasteiger partial charge is 0.248 e. The zero-order chi connectivity index (χ0) is 22.5. The Kier molecular flexibility index (Phi) is 7.65. The molecule has 1 saturated heterocycles. The molecule has 1 aliphatic heterocycles. The molecule has 1 atom stereocenters. The topological polar surface area (TPSA) is 58.6 Å². The maximum absolute atomic E-state index is 12.2. The van der Waals surface area contributed by atoms with Crippen LogP contribution in [0, 0.1) is 20.8 Å². The Morgan fingerprint density at radius 3 is 2.48 bits per heavy atom. The van der Waals surface area contributed by atoms with E-state index in [0.29, 0.717) is 19.0 Å². The van der Waals surface area contributed by atoms with Crippen molar-refractivity contribution >= 4 is 11.7 Å². The van der Waals surface area contributed by atoms with Crippen LogP contribution in [0.25, 0.3) is 0 Å². The van der Waals surface area contributed by atoms with E-state index in [1.54, 1.807) is 7.11 Å². The van der Waals surface area contributed by atoms with Gasteiger partial charge in [-0.15, -0.1) is 0 Å². The number of benzene rings is 1. The van der Waals surface area contributed by atoms with Gasteiger partial charge in [0.2, 0.25) is 5.91 Å². The van der Waals surface area contributed by atoms with Crippen molar-refractivity contribution in [2.45, 2.75) is 53.4 Å². The molecular formula is C25H36N4O2. The summed E-state index contributed by atoms with van der Waals surface area (Å²) in [5, 5.41) is 0. The summed E-state index contributed by atoms with van der Waals surface area (Å²) in [6.45, 7) is 13.8. The SMILES string of the molecule is CC[C@@H](C)c1nc(C)c(Cc2cc(C)ccc2C)c(N2CCN(C(=O)COC)CC2)n1. The van der Waals surface area contributed by atoms with Gasteiger partial charge in [-0.2, -0.15) is 0 Å². The third-order valence-corrected chi connectivity index (χ3v) is 6.33. The van der Waals surface area contributed by atoms with Crippen molar-refractivity contribution in [2.24, 2.45) is 0 Å². The lowest BCUT2D eigenvalue weighted by Crippen LogP contribution is -2.50. The number of piperazine rings is 1. The number of nitrogens with zero attached hydrogens (tertiary/aromatic N) is 4. The molecule has 1 aromatic carbocycles. The summed E-state index contributed by atoms with van der Waals surface area (Å²) in [5.41, 5.74) is 6.12. The van der Waals surface area contributed by atoms with Gasteiger partial charge in [0.15, 0.2) is 0 Å². The highest BCUT2D eigenvalue weighted by atomic mass is 16.5. The van der Waals surface area contributed by atoms with E-state index in [-0.39, 0.29) is 12.5 Å². The lowest BCUT2D eigenvalue weighted by molar-refractivity contribution is -0.135. The normalized spacial score (nSPS) is 15.3. The van der Waals surface area contributed by atoms with Gasteiger partial charge in [-0.05, 0) is 38.3 Å². The van der Waals surface area contributed by atoms with Crippen LogP contribution in [-0.4, -0.2) is 60.7 Å². The van der Waals surface area contributed by atoms with E-state index in [9.17, 15) is 4.79 Å². The minimum absolute atomic E-state index is 0.0527. The number of amides is 1. The maximum atomic E-state index is 12.2. The van der Waals surface area contributed by atoms with E-state index in [4.69, 9.17) is 14.7 Å². The third kappa shape index (κ3) is 5.42. The fourth-order valence-electron chi connectivity index (χ4n) is 4.04. The zero-order valence-corrected chi connectivity index (χ0v) is 19.9. The molecule has 0 aliphatic carbocycles. The summed E-state index contributed by atoms with van der Waals surface area (Å²) in [5.74, 6) is 2.31. The van der Waals surface area contributed by atoms with Crippen LogP contribution in [0.4, 0.5) is 5.82 Å². The van der Waals surface area contributed by atoms with E-state index in [1.165, 1.54) is 22.3 Å². The van der Waals surface area contributed by atoms with E-state index in [0.717, 1.165) is 43.3 Å². The molecule has 1 aliphatic rings. The van der Waals surface area contributed by atoms with E-state index in [2.05, 4.69) is 57.7 Å². The summed E-state index contributed by atoms with van der Waals surface area (Å²) in [7, 11) is 1.56. The van der Waals surface area contributed by atoms with Crippen molar-refractivity contribution in [3.05, 3.63) is 52.0 Å². The second kappa shape index (κ2) is 10.2. The summed E-state index contributed by atoms with van der Waals surface area (Å²) >= 11 is 0. The summed E-state index contributed by atoms with van der Waals surface area (Å²) in [4.78, 5) is 26.4. The number of hydrogen-bond donors (Lipinski definition) is 0. The van der Waals surface area contributed by atoms with Crippen molar-refractivity contribution in [3.8, 4) is 0 Å². The molecule has 168 valence electrons. The molecule has 1 fully saturated rings. The highest BCUT2D eigenvalue weighted by molar-refractivity contribution is 5.77. The van der Waals surface area contributed by atoms with Gasteiger partial charge < -0.3 is 14.5 Å². The van der Waals surface area contributed by atoms with Gasteiger partial charge in [0.25, 0.3) is 0 Å². The first-order valence-corrected chi connectivity index (χ1v) is 11.3. The van der Waals surface area contributed by atoms with Crippen molar-refractivity contribution in [1.29, 1.82) is 0 Å². The predicted octanol–water partition coefficient (Wildman–Crippen LogP) is 3.80. The average molecular weight is 425 g/mol. The second-order valence-electron chi connectivity index (χ2n) is 8.69. The highest BCUT2D eigenvalue weighted by Gasteiger charge is 2.25. The molecule has 2 aromatic rings. The molecule has 0 radical (unpaired) electrons. The van der Waals surface area contributed by atoms with Crippen LogP contribution in [0.15, 0.2) is 18.2 Å². The fourth-order valence-corrected chi connectivity index (χ4v) is 4.04. The van der Waals surface area contributed by atoms with Crippen molar-refractivity contribution in [2.75, 3.05) is 44.8 Å². The van der Waals surface area contributed by atoms with Gasteiger partial charge in [-0.1, -0.05) is 37.6 Å². The second-order valence-corrected chi connectivity index (χ2v) is 8.69. The van der Waals surface area contributed by atoms with E-state index < -0.39 is 0 Å². The summed E-state index contributed by atoms with van der Waals surface area (Å²) < 4.78 is 5.02. The molecule has 0 spiro atoms. The number of hydrogen-bond acceptors (Lipinski definition) is 5. The first-order valence-electron chi connectivity index (χ1n) is 11.3. The molecule has 3 rings (SSSR count). The molecule has 31 heavy (non-hydrogen) atoms. The zero-order valence-electron chi connectivity index (χ0n) is 19.9. The Morgan fingerprint density at radius 1 is 1.13 bits per heavy atom. The predicted molar refractivity (Wildman–Crippen MR) is 125 cm³/mol. The van der Waals surface area contributed by atoms with Crippen LogP contribution in [0.5, 0.6) is 0 Å². The number of aryl methyl sites for hydroxylation is 3. The highest BCUT2D eigenvalue weighted by Crippen LogP contribution is 2.29. The standard InChI is InChI=1S/C25H36N4O2/c1-7-18(3)24-26-20(5)22(15-21-14-17(2)8-9-19(21)4)25(27-24)29-12-10-28(11-13-29)23(30)16-31-6/h8-9,14,18H,7,10-13,15-16H2,1-6H3/t18-/m1/s1. The van der Waals surface area contributed by atoms with Gasteiger partial charge in [-0.25, -0.2) is 9.97 Å². The Hall–Kier alpha value is -2.47. The molecule has 0 N–H and O–H groups in total. The average Bonchev–Trinajstić information content (AvgIpc) is 2.77. The van der Waals surface area contributed by atoms with Crippen LogP contribution >= 0.6 is 0 Å². The van der Waals surface area contributed by atoms with Crippen molar-refractivity contribution in [1.82, 2.24) is 14.9 Å². The summed E-state index contributed by atoms with van der Waals surface area (Å²) in [6, 6.07) is 6.61. The van der Waals surface area contributed by atoms with E-state index in [1.807, 2.05) is 4.90 Å². The van der Waals surface area contributed by atoms with Crippen molar-refractivity contribution < 1.29 is 9.53 Å². The maximum Gasteiger partial charge on any atom is 0.248 e. The van der Waals surface area contributed by atoms with Crippen LogP contribution in [0.1, 0.15) is 60.0 Å². The molecular weight excluding hydrogens is 388 g/mol. The Balaban J connectivity index is 1.94. The number of methoxy groups -OCH3 is 1. The molecule has 0 bridgehead atoms. The van der Waals surface area contributed by atoms with Gasteiger partial charge in [0.1, 0.15) is 18.2 Å². The Labute approximate surface area is 186 Å². The van der Waals surface area contributed by atoms with Crippen LogP contribution in [0.2, 0.25) is 0 Å². The fraction of sp³-hybridized carbons (Fsp3) is 0.560. The summed E-state index contributed by atoms with van der Waals surface area (Å²) in [6.07, 6.45) is 1.83. The molecule has 1 aromatic heterocycles. The van der Waals surface area contributed by atoms with Gasteiger partial charge in [0, 0.05) is 56.9 Å². The molecule has 0 unspecified atom stereocenters. The number of carbonyl (C=O) groups is 1. The van der Waals surface area contributed by atoms with Gasteiger partial charge in [-0.3, -0.25) is 4.79 Å². The molecule has 1 amide bonds. The molecule has 2 heterocycles. The van der Waals surface area contributed by atoms with Crippen LogP contribution < -0.4 is 4.90 Å². The first kappa shape index (κ1) is 23.2. The number of rotatable bonds is 7.